The van der Waals surface area contributed by atoms with Crippen LogP contribution in [0.4, 0.5) is 0 Å². The second-order valence-electron chi connectivity index (χ2n) is 4.64. The van der Waals surface area contributed by atoms with Gasteiger partial charge in [0.25, 0.3) is 0 Å². The van der Waals surface area contributed by atoms with Gasteiger partial charge >= 0.3 is 0 Å². The fourth-order valence-electron chi connectivity index (χ4n) is 1.93. The molecule has 0 aromatic heterocycles. The van der Waals surface area contributed by atoms with Crippen LogP contribution in [0.25, 0.3) is 0 Å². The normalized spacial score (nSPS) is 17.3. The van der Waals surface area contributed by atoms with Gasteiger partial charge in [-0.2, -0.15) is 0 Å². The summed E-state index contributed by atoms with van der Waals surface area (Å²) in [5, 5.41) is 2.91. The van der Waals surface area contributed by atoms with E-state index in [0.29, 0.717) is 6.54 Å². The number of hydrogen-bond donors (Lipinski definition) is 2. The van der Waals surface area contributed by atoms with E-state index in [9.17, 15) is 4.79 Å². The van der Waals surface area contributed by atoms with E-state index >= 15 is 0 Å². The van der Waals surface area contributed by atoms with Gasteiger partial charge in [-0.15, -0.1) is 0 Å². The molecule has 1 aliphatic carbocycles. The highest BCUT2D eigenvalue weighted by Crippen LogP contribution is 2.28. The average Bonchev–Trinajstić information content (AvgIpc) is 2.28. The van der Waals surface area contributed by atoms with Gasteiger partial charge in [0.05, 0.1) is 5.54 Å². The summed E-state index contributed by atoms with van der Waals surface area (Å²) in [4.78, 5) is 11.7. The molecule has 0 unspecified atom stereocenters. The zero-order valence-electron chi connectivity index (χ0n) is 9.71. The van der Waals surface area contributed by atoms with E-state index in [1.807, 2.05) is 12.1 Å². The van der Waals surface area contributed by atoms with Crippen molar-refractivity contribution < 1.29 is 4.79 Å². The van der Waals surface area contributed by atoms with Crippen LogP contribution >= 0.6 is 15.9 Å². The first kappa shape index (κ1) is 12.6. The van der Waals surface area contributed by atoms with E-state index in [0.717, 1.165) is 30.2 Å². The first-order chi connectivity index (χ1) is 8.10. The second-order valence-corrected chi connectivity index (χ2v) is 5.56. The Morgan fingerprint density at radius 2 is 2.00 bits per heavy atom. The summed E-state index contributed by atoms with van der Waals surface area (Å²) in [6.45, 7) is 0.652. The summed E-state index contributed by atoms with van der Waals surface area (Å²) in [7, 11) is 0. The van der Waals surface area contributed by atoms with Crippen LogP contribution in [0.15, 0.2) is 28.7 Å². The van der Waals surface area contributed by atoms with Crippen LogP contribution in [0, 0.1) is 0 Å². The quantitative estimate of drug-likeness (QED) is 0.893. The van der Waals surface area contributed by atoms with Gasteiger partial charge in [0.2, 0.25) is 5.91 Å². The lowest BCUT2D eigenvalue weighted by molar-refractivity contribution is -0.129. The predicted molar refractivity (Wildman–Crippen MR) is 71.6 cm³/mol. The lowest BCUT2D eigenvalue weighted by Crippen LogP contribution is -2.58. The number of halogens is 1. The Morgan fingerprint density at radius 3 is 2.53 bits per heavy atom. The van der Waals surface area contributed by atoms with Crippen LogP contribution < -0.4 is 11.1 Å². The SMILES string of the molecule is NC1(C(=O)NCCc2ccc(Br)cc2)CCC1. The molecule has 3 nitrogen and oxygen atoms in total. The topological polar surface area (TPSA) is 55.1 Å². The first-order valence-corrected chi connectivity index (χ1v) is 6.71. The number of rotatable bonds is 4. The molecule has 0 radical (unpaired) electrons. The maximum atomic E-state index is 11.7. The van der Waals surface area contributed by atoms with Crippen LogP contribution in [0.3, 0.4) is 0 Å². The molecule has 3 N–H and O–H groups in total. The third-order valence-electron chi connectivity index (χ3n) is 3.31. The summed E-state index contributed by atoms with van der Waals surface area (Å²) in [5.74, 6) is 0.000798. The zero-order chi connectivity index (χ0) is 12.3. The Balaban J connectivity index is 1.76. The molecule has 92 valence electrons. The van der Waals surface area contributed by atoms with E-state index in [1.165, 1.54) is 5.56 Å². The van der Waals surface area contributed by atoms with Gasteiger partial charge in [-0.3, -0.25) is 4.79 Å². The van der Waals surface area contributed by atoms with Crippen molar-refractivity contribution >= 4 is 21.8 Å². The summed E-state index contributed by atoms with van der Waals surface area (Å²) >= 11 is 3.39. The molecule has 0 saturated heterocycles. The molecule has 0 heterocycles. The van der Waals surface area contributed by atoms with Gasteiger partial charge in [-0.1, -0.05) is 28.1 Å². The van der Waals surface area contributed by atoms with Gasteiger partial charge in [-0.25, -0.2) is 0 Å². The molecule has 2 rings (SSSR count). The van der Waals surface area contributed by atoms with Crippen LogP contribution in [-0.2, 0) is 11.2 Å². The van der Waals surface area contributed by atoms with Crippen molar-refractivity contribution in [1.82, 2.24) is 5.32 Å². The zero-order valence-corrected chi connectivity index (χ0v) is 11.3. The molecule has 1 saturated carbocycles. The Morgan fingerprint density at radius 1 is 1.35 bits per heavy atom. The number of carbonyl (C=O) groups excluding carboxylic acids is 1. The second kappa shape index (κ2) is 5.19. The number of benzene rings is 1. The fourth-order valence-corrected chi connectivity index (χ4v) is 2.20. The Kier molecular flexibility index (Phi) is 3.84. The van der Waals surface area contributed by atoms with Crippen molar-refractivity contribution in [2.24, 2.45) is 5.73 Å². The minimum Gasteiger partial charge on any atom is -0.354 e. The molecule has 17 heavy (non-hydrogen) atoms. The number of hydrogen-bond acceptors (Lipinski definition) is 2. The molecule has 1 amide bonds. The maximum Gasteiger partial charge on any atom is 0.240 e. The standard InChI is InChI=1S/C13H17BrN2O/c14-11-4-2-10(3-5-11)6-9-16-12(17)13(15)7-1-8-13/h2-5H,1,6-9,15H2,(H,16,17). The lowest BCUT2D eigenvalue weighted by Gasteiger charge is -2.36. The summed E-state index contributed by atoms with van der Waals surface area (Å²) in [6, 6.07) is 8.12. The molecule has 4 heteroatoms. The third-order valence-corrected chi connectivity index (χ3v) is 3.84. The molecule has 0 spiro atoms. The summed E-state index contributed by atoms with van der Waals surface area (Å²) in [6.07, 6.45) is 3.54. The van der Waals surface area contributed by atoms with Gasteiger partial charge in [0.1, 0.15) is 0 Å². The van der Waals surface area contributed by atoms with E-state index in [2.05, 4.69) is 33.4 Å². The Hall–Kier alpha value is -0.870. The molecule has 1 aromatic carbocycles. The predicted octanol–water partition coefficient (Wildman–Crippen LogP) is 1.99. The van der Waals surface area contributed by atoms with E-state index < -0.39 is 5.54 Å². The largest absolute Gasteiger partial charge is 0.354 e. The lowest BCUT2D eigenvalue weighted by atomic mass is 9.77. The fraction of sp³-hybridized carbons (Fsp3) is 0.462. The highest BCUT2D eigenvalue weighted by Gasteiger charge is 2.39. The molecule has 1 fully saturated rings. The number of nitrogens with two attached hydrogens (primary N) is 1. The van der Waals surface area contributed by atoms with Crippen molar-refractivity contribution in [1.29, 1.82) is 0 Å². The maximum absolute atomic E-state index is 11.7. The van der Waals surface area contributed by atoms with Crippen molar-refractivity contribution in [2.45, 2.75) is 31.2 Å². The highest BCUT2D eigenvalue weighted by atomic mass is 79.9. The van der Waals surface area contributed by atoms with Crippen molar-refractivity contribution in [2.75, 3.05) is 6.54 Å². The number of nitrogens with one attached hydrogen (secondary N) is 1. The Labute approximate surface area is 110 Å². The molecular weight excluding hydrogens is 280 g/mol. The Bertz CT molecular complexity index is 398. The molecule has 0 atom stereocenters. The van der Waals surface area contributed by atoms with Crippen LogP contribution in [-0.4, -0.2) is 18.0 Å². The molecule has 0 aliphatic heterocycles. The first-order valence-electron chi connectivity index (χ1n) is 5.92. The van der Waals surface area contributed by atoms with Crippen molar-refractivity contribution in [3.63, 3.8) is 0 Å². The monoisotopic (exact) mass is 296 g/mol. The van der Waals surface area contributed by atoms with Crippen LogP contribution in [0.2, 0.25) is 0 Å². The molecule has 1 aromatic rings. The van der Waals surface area contributed by atoms with Crippen molar-refractivity contribution in [3.8, 4) is 0 Å². The van der Waals surface area contributed by atoms with E-state index in [1.54, 1.807) is 0 Å². The number of amides is 1. The van der Waals surface area contributed by atoms with Crippen LogP contribution in [0.1, 0.15) is 24.8 Å². The highest BCUT2D eigenvalue weighted by molar-refractivity contribution is 9.10. The summed E-state index contributed by atoms with van der Waals surface area (Å²) in [5.41, 5.74) is 6.56. The third kappa shape index (κ3) is 3.07. The number of carbonyl (C=O) groups is 1. The average molecular weight is 297 g/mol. The van der Waals surface area contributed by atoms with E-state index in [-0.39, 0.29) is 5.91 Å². The minimum absolute atomic E-state index is 0.000798. The van der Waals surface area contributed by atoms with Gasteiger partial charge in [0, 0.05) is 11.0 Å². The molecular formula is C13H17BrN2O. The van der Waals surface area contributed by atoms with Gasteiger partial charge in [-0.05, 0) is 43.4 Å². The minimum atomic E-state index is -0.584. The van der Waals surface area contributed by atoms with Gasteiger partial charge < -0.3 is 11.1 Å². The summed E-state index contributed by atoms with van der Waals surface area (Å²) < 4.78 is 1.07. The smallest absolute Gasteiger partial charge is 0.240 e. The molecule has 1 aliphatic rings. The van der Waals surface area contributed by atoms with E-state index in [4.69, 9.17) is 5.73 Å². The molecule has 0 bridgehead atoms. The van der Waals surface area contributed by atoms with Gasteiger partial charge in [0.15, 0.2) is 0 Å². The van der Waals surface area contributed by atoms with Crippen LogP contribution in [0.5, 0.6) is 0 Å². The van der Waals surface area contributed by atoms with Crippen molar-refractivity contribution in [3.05, 3.63) is 34.3 Å².